The average molecular weight is 369 g/mol. The minimum absolute atomic E-state index is 0.0173. The summed E-state index contributed by atoms with van der Waals surface area (Å²) in [5.74, 6) is 1.96. The molecule has 1 saturated heterocycles. The molecule has 0 aliphatic carbocycles. The fourth-order valence-corrected chi connectivity index (χ4v) is 3.25. The Morgan fingerprint density at radius 1 is 1.07 bits per heavy atom. The van der Waals surface area contributed by atoms with Crippen LogP contribution in [-0.4, -0.2) is 39.2 Å². The first kappa shape index (κ1) is 19.4. The van der Waals surface area contributed by atoms with Crippen LogP contribution in [0.2, 0.25) is 0 Å². The zero-order valence-corrected chi connectivity index (χ0v) is 15.8. The number of nitrogens with one attached hydrogen (secondary N) is 1. The van der Waals surface area contributed by atoms with Crippen LogP contribution in [0, 0.1) is 0 Å². The van der Waals surface area contributed by atoms with Crippen molar-refractivity contribution in [1.82, 2.24) is 5.32 Å². The fraction of sp³-hybridized carbons (Fsp3) is 0.409. The zero-order valence-electron chi connectivity index (χ0n) is 15.8. The number of ether oxygens (including phenoxy) is 3. The Balaban J connectivity index is 1.36. The molecule has 0 saturated carbocycles. The van der Waals surface area contributed by atoms with Gasteiger partial charge in [-0.2, -0.15) is 0 Å². The molecule has 5 nitrogen and oxygen atoms in total. The average Bonchev–Trinajstić information content (AvgIpc) is 2.72. The number of rotatable bonds is 9. The smallest absolute Gasteiger partial charge is 0.154 e. The van der Waals surface area contributed by atoms with E-state index in [-0.39, 0.29) is 11.7 Å². The highest BCUT2D eigenvalue weighted by molar-refractivity contribution is 5.88. The van der Waals surface area contributed by atoms with Gasteiger partial charge in [-0.05, 0) is 36.7 Å². The van der Waals surface area contributed by atoms with Crippen LogP contribution in [0.5, 0.6) is 11.5 Å². The summed E-state index contributed by atoms with van der Waals surface area (Å²) >= 11 is 0. The van der Waals surface area contributed by atoms with Crippen molar-refractivity contribution in [3.05, 3.63) is 59.7 Å². The number of Topliss-reactive ketones (excluding diaryl/α,β-unsaturated/α-hetero) is 1. The lowest BCUT2D eigenvalue weighted by Crippen LogP contribution is -2.35. The number of carbonyl (C=O) groups excluding carboxylic acids is 1. The Bertz CT molecular complexity index is 729. The van der Waals surface area contributed by atoms with E-state index in [0.717, 1.165) is 42.0 Å². The van der Waals surface area contributed by atoms with Gasteiger partial charge in [0.1, 0.15) is 11.5 Å². The first-order valence-corrected chi connectivity index (χ1v) is 9.44. The molecule has 0 spiro atoms. The summed E-state index contributed by atoms with van der Waals surface area (Å²) in [5.41, 5.74) is 2.12. The van der Waals surface area contributed by atoms with Crippen LogP contribution in [0.4, 0.5) is 0 Å². The van der Waals surface area contributed by atoms with E-state index in [9.17, 15) is 4.79 Å². The lowest BCUT2D eigenvalue weighted by Gasteiger charge is -2.21. The van der Waals surface area contributed by atoms with Crippen molar-refractivity contribution < 1.29 is 19.0 Å². The van der Waals surface area contributed by atoms with Crippen LogP contribution in [-0.2, 0) is 16.1 Å². The summed E-state index contributed by atoms with van der Waals surface area (Å²) in [4.78, 5) is 12.0. The van der Waals surface area contributed by atoms with E-state index in [1.54, 1.807) is 7.11 Å². The van der Waals surface area contributed by atoms with Crippen molar-refractivity contribution in [1.29, 1.82) is 0 Å². The first-order valence-electron chi connectivity index (χ1n) is 9.44. The Hall–Kier alpha value is -2.37. The SMILES string of the molecule is COc1ccccc1COCCCOc1ccc(C2CCNCC2=O)cc1. The Morgan fingerprint density at radius 2 is 1.89 bits per heavy atom. The largest absolute Gasteiger partial charge is 0.496 e. The van der Waals surface area contributed by atoms with E-state index >= 15 is 0 Å². The highest BCUT2D eigenvalue weighted by Crippen LogP contribution is 2.24. The molecule has 0 aromatic heterocycles. The number of hydrogen-bond acceptors (Lipinski definition) is 5. The van der Waals surface area contributed by atoms with Gasteiger partial charge in [-0.3, -0.25) is 4.79 Å². The molecule has 1 atom stereocenters. The molecule has 5 heteroatoms. The van der Waals surface area contributed by atoms with Gasteiger partial charge in [0.25, 0.3) is 0 Å². The molecule has 1 unspecified atom stereocenters. The third-order valence-corrected chi connectivity index (χ3v) is 4.73. The number of ketones is 1. The molecule has 27 heavy (non-hydrogen) atoms. The van der Waals surface area contributed by atoms with Gasteiger partial charge in [-0.15, -0.1) is 0 Å². The minimum Gasteiger partial charge on any atom is -0.496 e. The molecule has 1 heterocycles. The maximum absolute atomic E-state index is 12.0. The number of para-hydroxylation sites is 1. The molecule has 0 amide bonds. The molecule has 2 aromatic carbocycles. The summed E-state index contributed by atoms with van der Waals surface area (Å²) < 4.78 is 16.8. The maximum Gasteiger partial charge on any atom is 0.154 e. The van der Waals surface area contributed by atoms with Crippen molar-refractivity contribution in [2.45, 2.75) is 25.4 Å². The van der Waals surface area contributed by atoms with Gasteiger partial charge in [0.2, 0.25) is 0 Å². The Labute approximate surface area is 160 Å². The van der Waals surface area contributed by atoms with Gasteiger partial charge in [-0.25, -0.2) is 0 Å². The minimum atomic E-state index is 0.0173. The maximum atomic E-state index is 12.0. The summed E-state index contributed by atoms with van der Waals surface area (Å²) in [7, 11) is 1.67. The molecule has 1 aliphatic rings. The van der Waals surface area contributed by atoms with E-state index in [0.29, 0.717) is 26.4 Å². The highest BCUT2D eigenvalue weighted by Gasteiger charge is 2.23. The van der Waals surface area contributed by atoms with Crippen LogP contribution in [0.25, 0.3) is 0 Å². The summed E-state index contributed by atoms with van der Waals surface area (Å²) in [6.07, 6.45) is 1.67. The monoisotopic (exact) mass is 369 g/mol. The number of piperidine rings is 1. The Kier molecular flexibility index (Phi) is 7.25. The number of methoxy groups -OCH3 is 1. The summed E-state index contributed by atoms with van der Waals surface area (Å²) in [6, 6.07) is 15.8. The quantitative estimate of drug-likeness (QED) is 0.687. The number of carbonyl (C=O) groups is 1. The molecule has 2 aromatic rings. The van der Waals surface area contributed by atoms with Crippen molar-refractivity contribution in [3.63, 3.8) is 0 Å². The second-order valence-electron chi connectivity index (χ2n) is 6.62. The molecule has 0 radical (unpaired) electrons. The molecule has 1 fully saturated rings. The fourth-order valence-electron chi connectivity index (χ4n) is 3.25. The molecule has 144 valence electrons. The topological polar surface area (TPSA) is 56.8 Å². The standard InChI is InChI=1S/C22H27NO4/c1-25-22-6-3-2-5-18(22)16-26-13-4-14-27-19-9-7-17(8-10-19)20-11-12-23-15-21(20)24/h2-3,5-10,20,23H,4,11-16H2,1H3. The number of benzene rings is 2. The summed E-state index contributed by atoms with van der Waals surface area (Å²) in [6.45, 7) is 3.11. The van der Waals surface area contributed by atoms with Crippen molar-refractivity contribution in [3.8, 4) is 11.5 Å². The van der Waals surface area contributed by atoms with Gasteiger partial charge in [0.05, 0.1) is 33.5 Å². The van der Waals surface area contributed by atoms with Crippen LogP contribution >= 0.6 is 0 Å². The van der Waals surface area contributed by atoms with Crippen LogP contribution in [0.1, 0.15) is 29.9 Å². The predicted octanol–water partition coefficient (Wildman–Crippen LogP) is 3.33. The van der Waals surface area contributed by atoms with Gasteiger partial charge < -0.3 is 19.5 Å². The molecule has 3 rings (SSSR count). The molecule has 1 N–H and O–H groups in total. The van der Waals surface area contributed by atoms with E-state index in [2.05, 4.69) is 5.32 Å². The van der Waals surface area contributed by atoms with Gasteiger partial charge in [0.15, 0.2) is 5.78 Å². The zero-order chi connectivity index (χ0) is 18.9. The molecular formula is C22H27NO4. The second-order valence-corrected chi connectivity index (χ2v) is 6.62. The first-order chi connectivity index (χ1) is 13.3. The lowest BCUT2D eigenvalue weighted by atomic mass is 9.89. The van der Waals surface area contributed by atoms with Crippen molar-refractivity contribution >= 4 is 5.78 Å². The van der Waals surface area contributed by atoms with E-state index < -0.39 is 0 Å². The molecular weight excluding hydrogens is 342 g/mol. The van der Waals surface area contributed by atoms with Gasteiger partial charge in [0, 0.05) is 17.9 Å². The molecule has 1 aliphatic heterocycles. The predicted molar refractivity (Wildman–Crippen MR) is 104 cm³/mol. The van der Waals surface area contributed by atoms with Crippen LogP contribution in [0.15, 0.2) is 48.5 Å². The van der Waals surface area contributed by atoms with E-state index in [1.165, 1.54) is 0 Å². The summed E-state index contributed by atoms with van der Waals surface area (Å²) in [5, 5.41) is 3.11. The van der Waals surface area contributed by atoms with Crippen molar-refractivity contribution in [2.24, 2.45) is 0 Å². The van der Waals surface area contributed by atoms with Crippen LogP contribution in [0.3, 0.4) is 0 Å². The normalized spacial score (nSPS) is 16.9. The molecule has 0 bridgehead atoms. The third-order valence-electron chi connectivity index (χ3n) is 4.73. The van der Waals surface area contributed by atoms with Gasteiger partial charge >= 0.3 is 0 Å². The highest BCUT2D eigenvalue weighted by atomic mass is 16.5. The van der Waals surface area contributed by atoms with Crippen molar-refractivity contribution in [2.75, 3.05) is 33.4 Å². The number of hydrogen-bond donors (Lipinski definition) is 1. The van der Waals surface area contributed by atoms with Crippen LogP contribution < -0.4 is 14.8 Å². The third kappa shape index (κ3) is 5.55. The second kappa shape index (κ2) is 10.1. The van der Waals surface area contributed by atoms with E-state index in [1.807, 2.05) is 48.5 Å². The van der Waals surface area contributed by atoms with Gasteiger partial charge in [-0.1, -0.05) is 30.3 Å². The Morgan fingerprint density at radius 3 is 2.67 bits per heavy atom. The van der Waals surface area contributed by atoms with E-state index in [4.69, 9.17) is 14.2 Å². The lowest BCUT2D eigenvalue weighted by molar-refractivity contribution is -0.120.